The van der Waals surface area contributed by atoms with Gasteiger partial charge >= 0.3 is 0 Å². The lowest BCUT2D eigenvalue weighted by molar-refractivity contribution is 0.0999. The summed E-state index contributed by atoms with van der Waals surface area (Å²) in [4.78, 5) is 11.9. The van der Waals surface area contributed by atoms with Crippen LogP contribution in [0.15, 0.2) is 76.9 Å². The van der Waals surface area contributed by atoms with Crippen LogP contribution in [0.3, 0.4) is 0 Å². The molecule has 6 heteroatoms. The first-order valence-electron chi connectivity index (χ1n) is 8.70. The lowest BCUT2D eigenvalue weighted by Crippen LogP contribution is -2.14. The molecule has 0 unspecified atom stereocenters. The molecule has 3 aromatic carbocycles. The Morgan fingerprint density at radius 3 is 2.14 bits per heavy atom. The highest BCUT2D eigenvalue weighted by Gasteiger charge is 2.12. The van der Waals surface area contributed by atoms with E-state index in [2.05, 4.69) is 16.3 Å². The van der Waals surface area contributed by atoms with Crippen LogP contribution in [0.1, 0.15) is 32.6 Å². The van der Waals surface area contributed by atoms with Crippen LogP contribution < -0.4 is 17.4 Å². The quantitative estimate of drug-likeness (QED) is 0.351. The Morgan fingerprint density at radius 1 is 0.821 bits per heavy atom. The van der Waals surface area contributed by atoms with Gasteiger partial charge in [-0.25, -0.2) is 0 Å². The molecule has 6 N–H and O–H groups in total. The zero-order valence-electron chi connectivity index (χ0n) is 15.2. The highest BCUT2D eigenvalue weighted by molar-refractivity contribution is 5.95. The second kappa shape index (κ2) is 8.64. The number of hydrazone groups is 2. The first-order chi connectivity index (χ1) is 13.6. The van der Waals surface area contributed by atoms with E-state index in [0.717, 1.165) is 33.4 Å². The van der Waals surface area contributed by atoms with Gasteiger partial charge in [0.05, 0.1) is 12.4 Å². The maximum absolute atomic E-state index is 11.9. The largest absolute Gasteiger partial charge is 0.366 e. The van der Waals surface area contributed by atoms with Gasteiger partial charge in [0, 0.05) is 5.56 Å². The second-order valence-corrected chi connectivity index (χ2v) is 6.29. The molecule has 0 heterocycles. The smallest absolute Gasteiger partial charge is 0.248 e. The second-order valence-electron chi connectivity index (χ2n) is 6.29. The molecular weight excluding hydrogens is 350 g/mol. The van der Waals surface area contributed by atoms with Gasteiger partial charge in [-0.3, -0.25) is 4.79 Å². The SMILES string of the molecule is NN=Cc1ccc(-c2ccccc2Cc2cc(C=NN)ccc2C(N)=O)cc1. The molecule has 0 aliphatic carbocycles. The summed E-state index contributed by atoms with van der Waals surface area (Å²) in [5.74, 6) is 10.00. The van der Waals surface area contributed by atoms with Crippen molar-refractivity contribution < 1.29 is 4.79 Å². The van der Waals surface area contributed by atoms with Crippen LogP contribution >= 0.6 is 0 Å². The Balaban J connectivity index is 2.02. The summed E-state index contributed by atoms with van der Waals surface area (Å²) in [5, 5.41) is 7.10. The topological polar surface area (TPSA) is 120 Å². The summed E-state index contributed by atoms with van der Waals surface area (Å²) in [6.07, 6.45) is 3.68. The minimum absolute atomic E-state index is 0.464. The maximum Gasteiger partial charge on any atom is 0.248 e. The third kappa shape index (κ3) is 4.24. The molecule has 0 atom stereocenters. The number of benzene rings is 3. The van der Waals surface area contributed by atoms with Gasteiger partial charge in [-0.2, -0.15) is 10.2 Å². The standard InChI is InChI=1S/C22H21N5O/c23-22(28)21-10-7-16(14-27-25)11-19(21)12-18-3-1-2-4-20(18)17-8-5-15(6-9-17)13-26-24/h1-11,13-14H,12,24-25H2,(H2,23,28). The zero-order valence-corrected chi connectivity index (χ0v) is 15.2. The van der Waals surface area contributed by atoms with Crippen molar-refractivity contribution in [3.63, 3.8) is 0 Å². The van der Waals surface area contributed by atoms with Crippen LogP contribution in [0.4, 0.5) is 0 Å². The van der Waals surface area contributed by atoms with E-state index in [-0.39, 0.29) is 0 Å². The van der Waals surface area contributed by atoms with E-state index < -0.39 is 5.91 Å². The minimum Gasteiger partial charge on any atom is -0.366 e. The molecule has 3 rings (SSSR count). The number of amides is 1. The number of hydrogen-bond donors (Lipinski definition) is 3. The van der Waals surface area contributed by atoms with Crippen molar-refractivity contribution in [1.29, 1.82) is 0 Å². The number of carbonyl (C=O) groups is 1. The summed E-state index contributed by atoms with van der Waals surface area (Å²) in [5.41, 5.74) is 11.8. The molecule has 3 aromatic rings. The fourth-order valence-corrected chi connectivity index (χ4v) is 3.16. The Hall–Kier alpha value is -3.93. The number of hydrogen-bond acceptors (Lipinski definition) is 5. The third-order valence-corrected chi connectivity index (χ3v) is 4.46. The fourth-order valence-electron chi connectivity index (χ4n) is 3.16. The summed E-state index contributed by atoms with van der Waals surface area (Å²) < 4.78 is 0. The van der Waals surface area contributed by atoms with Crippen molar-refractivity contribution in [3.05, 3.63) is 94.5 Å². The summed E-state index contributed by atoms with van der Waals surface area (Å²) in [6, 6.07) is 21.4. The van der Waals surface area contributed by atoms with Gasteiger partial charge in [0.2, 0.25) is 5.91 Å². The molecular formula is C22H21N5O. The summed E-state index contributed by atoms with van der Waals surface area (Å²) in [6.45, 7) is 0. The minimum atomic E-state index is -0.464. The highest BCUT2D eigenvalue weighted by Crippen LogP contribution is 2.27. The number of carbonyl (C=O) groups excluding carboxylic acids is 1. The normalized spacial score (nSPS) is 11.3. The predicted octanol–water partition coefficient (Wildman–Crippen LogP) is 2.63. The van der Waals surface area contributed by atoms with Gasteiger partial charge in [-0.15, -0.1) is 0 Å². The molecule has 28 heavy (non-hydrogen) atoms. The molecule has 0 spiro atoms. The van der Waals surface area contributed by atoms with Crippen LogP contribution in [0.25, 0.3) is 11.1 Å². The van der Waals surface area contributed by atoms with Crippen LogP contribution in [0.2, 0.25) is 0 Å². The van der Waals surface area contributed by atoms with Crippen molar-refractivity contribution in [2.75, 3.05) is 0 Å². The van der Waals surface area contributed by atoms with Crippen molar-refractivity contribution in [2.45, 2.75) is 6.42 Å². The Bertz CT molecular complexity index is 1040. The van der Waals surface area contributed by atoms with Crippen LogP contribution in [-0.4, -0.2) is 18.3 Å². The van der Waals surface area contributed by atoms with E-state index >= 15 is 0 Å². The van der Waals surface area contributed by atoms with Crippen LogP contribution in [0, 0.1) is 0 Å². The third-order valence-electron chi connectivity index (χ3n) is 4.46. The van der Waals surface area contributed by atoms with Gasteiger partial charge in [0.1, 0.15) is 0 Å². The number of nitrogens with two attached hydrogens (primary N) is 3. The average Bonchev–Trinajstić information content (AvgIpc) is 2.70. The van der Waals surface area contributed by atoms with Gasteiger partial charge in [-0.1, -0.05) is 54.6 Å². The first kappa shape index (κ1) is 18.8. The lowest BCUT2D eigenvalue weighted by atomic mass is 9.92. The fraction of sp³-hybridized carbons (Fsp3) is 0.0455. The van der Waals surface area contributed by atoms with Gasteiger partial charge in [0.15, 0.2) is 0 Å². The molecule has 0 radical (unpaired) electrons. The Labute approximate surface area is 163 Å². The summed E-state index contributed by atoms with van der Waals surface area (Å²) in [7, 11) is 0. The highest BCUT2D eigenvalue weighted by atomic mass is 16.1. The Kier molecular flexibility index (Phi) is 5.81. The molecule has 0 saturated carbocycles. The van der Waals surface area contributed by atoms with E-state index in [4.69, 9.17) is 17.4 Å². The molecule has 0 fully saturated rings. The first-order valence-corrected chi connectivity index (χ1v) is 8.70. The monoisotopic (exact) mass is 371 g/mol. The molecule has 0 saturated heterocycles. The van der Waals surface area contributed by atoms with E-state index in [1.165, 1.54) is 6.21 Å². The van der Waals surface area contributed by atoms with Crippen molar-refractivity contribution in [2.24, 2.45) is 27.6 Å². The molecule has 0 aliphatic rings. The van der Waals surface area contributed by atoms with Crippen molar-refractivity contribution >= 4 is 18.3 Å². The average molecular weight is 371 g/mol. The predicted molar refractivity (Wildman–Crippen MR) is 113 cm³/mol. The van der Waals surface area contributed by atoms with Gasteiger partial charge < -0.3 is 17.4 Å². The zero-order chi connectivity index (χ0) is 19.9. The molecule has 0 aromatic heterocycles. The number of nitrogens with zero attached hydrogens (tertiary/aromatic N) is 2. The number of primary amides is 1. The van der Waals surface area contributed by atoms with Crippen molar-refractivity contribution in [3.8, 4) is 11.1 Å². The van der Waals surface area contributed by atoms with Gasteiger partial charge in [-0.05, 0) is 51.9 Å². The molecule has 1 amide bonds. The molecule has 0 aliphatic heterocycles. The molecule has 6 nitrogen and oxygen atoms in total. The Morgan fingerprint density at radius 2 is 1.46 bits per heavy atom. The lowest BCUT2D eigenvalue weighted by Gasteiger charge is -2.13. The van der Waals surface area contributed by atoms with Crippen molar-refractivity contribution in [1.82, 2.24) is 0 Å². The van der Waals surface area contributed by atoms with Crippen LogP contribution in [0.5, 0.6) is 0 Å². The van der Waals surface area contributed by atoms with E-state index in [9.17, 15) is 4.79 Å². The molecule has 0 bridgehead atoms. The van der Waals surface area contributed by atoms with E-state index in [1.54, 1.807) is 18.3 Å². The summed E-state index contributed by atoms with van der Waals surface area (Å²) >= 11 is 0. The van der Waals surface area contributed by atoms with Crippen LogP contribution in [-0.2, 0) is 6.42 Å². The van der Waals surface area contributed by atoms with Gasteiger partial charge in [0.25, 0.3) is 0 Å². The molecule has 140 valence electrons. The van der Waals surface area contributed by atoms with E-state index in [1.807, 2.05) is 48.5 Å². The maximum atomic E-state index is 11.9. The van der Waals surface area contributed by atoms with E-state index in [0.29, 0.717) is 12.0 Å². The number of rotatable bonds is 6.